The summed E-state index contributed by atoms with van der Waals surface area (Å²) in [5, 5.41) is 15.2. The zero-order valence-corrected chi connectivity index (χ0v) is 11.0. The van der Waals surface area contributed by atoms with E-state index in [4.69, 9.17) is 9.84 Å². The normalized spacial score (nSPS) is 21.7. The highest BCUT2D eigenvalue weighted by atomic mass is 16.5. The second kappa shape index (κ2) is 6.44. The van der Waals surface area contributed by atoms with Crippen LogP contribution in [0.4, 0.5) is 10.6 Å². The SMILES string of the molecule is CCOC(=O)Nc1cnn([C@H]2CC[C@@H](CO)O2)c(=O)n1. The molecule has 1 saturated heterocycles. The molecule has 20 heavy (non-hydrogen) atoms. The number of anilines is 1. The molecule has 9 nitrogen and oxygen atoms in total. The summed E-state index contributed by atoms with van der Waals surface area (Å²) in [6, 6.07) is 0. The van der Waals surface area contributed by atoms with Gasteiger partial charge < -0.3 is 14.6 Å². The smallest absolute Gasteiger partial charge is 0.412 e. The zero-order chi connectivity index (χ0) is 14.5. The lowest BCUT2D eigenvalue weighted by Crippen LogP contribution is -2.31. The maximum absolute atomic E-state index is 11.8. The van der Waals surface area contributed by atoms with E-state index in [-0.39, 0.29) is 25.1 Å². The molecule has 2 N–H and O–H groups in total. The van der Waals surface area contributed by atoms with E-state index in [9.17, 15) is 9.59 Å². The predicted molar refractivity (Wildman–Crippen MR) is 67.2 cm³/mol. The van der Waals surface area contributed by atoms with Crippen molar-refractivity contribution in [2.75, 3.05) is 18.5 Å². The molecule has 1 aromatic rings. The Morgan fingerprint density at radius 3 is 3.05 bits per heavy atom. The van der Waals surface area contributed by atoms with Crippen molar-refractivity contribution in [2.45, 2.75) is 32.1 Å². The van der Waals surface area contributed by atoms with Crippen LogP contribution in [-0.4, -0.2) is 45.3 Å². The summed E-state index contributed by atoms with van der Waals surface area (Å²) in [6.07, 6.45) is 0.947. The van der Waals surface area contributed by atoms with E-state index in [1.54, 1.807) is 6.92 Å². The highest BCUT2D eigenvalue weighted by Gasteiger charge is 2.27. The number of rotatable bonds is 4. The van der Waals surface area contributed by atoms with Gasteiger partial charge in [0.05, 0.1) is 25.5 Å². The van der Waals surface area contributed by atoms with Crippen LogP contribution in [0.1, 0.15) is 26.0 Å². The molecule has 1 amide bonds. The highest BCUT2D eigenvalue weighted by molar-refractivity contribution is 5.82. The topological polar surface area (TPSA) is 116 Å². The molecule has 0 aliphatic carbocycles. The number of hydrogen-bond acceptors (Lipinski definition) is 7. The molecule has 0 radical (unpaired) electrons. The number of carbonyl (C=O) groups is 1. The van der Waals surface area contributed by atoms with Crippen LogP contribution in [0.5, 0.6) is 0 Å². The van der Waals surface area contributed by atoms with Gasteiger partial charge in [0.2, 0.25) is 0 Å². The number of aliphatic hydroxyl groups excluding tert-OH is 1. The Labute approximate surface area is 114 Å². The van der Waals surface area contributed by atoms with Gasteiger partial charge in [0, 0.05) is 0 Å². The van der Waals surface area contributed by atoms with Crippen molar-refractivity contribution >= 4 is 11.9 Å². The Morgan fingerprint density at radius 2 is 2.45 bits per heavy atom. The molecule has 0 aromatic carbocycles. The van der Waals surface area contributed by atoms with Gasteiger partial charge in [-0.3, -0.25) is 5.32 Å². The third-order valence-electron chi connectivity index (χ3n) is 2.78. The molecule has 1 aromatic heterocycles. The van der Waals surface area contributed by atoms with Gasteiger partial charge in [-0.05, 0) is 19.8 Å². The first-order valence-electron chi connectivity index (χ1n) is 6.30. The van der Waals surface area contributed by atoms with Crippen molar-refractivity contribution < 1.29 is 19.4 Å². The van der Waals surface area contributed by atoms with E-state index in [2.05, 4.69) is 20.1 Å². The molecule has 2 rings (SSSR count). The van der Waals surface area contributed by atoms with Crippen LogP contribution >= 0.6 is 0 Å². The lowest BCUT2D eigenvalue weighted by atomic mass is 10.2. The Kier molecular flexibility index (Phi) is 4.64. The minimum atomic E-state index is -0.698. The van der Waals surface area contributed by atoms with Crippen molar-refractivity contribution in [3.8, 4) is 0 Å². The molecule has 0 saturated carbocycles. The van der Waals surface area contributed by atoms with E-state index in [0.717, 1.165) is 4.68 Å². The second-order valence-corrected chi connectivity index (χ2v) is 4.19. The van der Waals surface area contributed by atoms with Crippen molar-refractivity contribution in [3.05, 3.63) is 16.7 Å². The van der Waals surface area contributed by atoms with E-state index in [0.29, 0.717) is 12.8 Å². The van der Waals surface area contributed by atoms with Gasteiger partial charge in [-0.1, -0.05) is 0 Å². The zero-order valence-electron chi connectivity index (χ0n) is 11.0. The van der Waals surface area contributed by atoms with Crippen molar-refractivity contribution in [3.63, 3.8) is 0 Å². The number of aromatic nitrogens is 3. The first-order valence-corrected chi connectivity index (χ1v) is 6.30. The number of aliphatic hydroxyl groups is 1. The molecular weight excluding hydrogens is 268 g/mol. The highest BCUT2D eigenvalue weighted by Crippen LogP contribution is 2.25. The maximum Gasteiger partial charge on any atom is 0.412 e. The van der Waals surface area contributed by atoms with Crippen molar-refractivity contribution in [1.82, 2.24) is 14.8 Å². The summed E-state index contributed by atoms with van der Waals surface area (Å²) in [6.45, 7) is 1.79. The second-order valence-electron chi connectivity index (χ2n) is 4.19. The minimum absolute atomic E-state index is 0.0152. The van der Waals surface area contributed by atoms with Gasteiger partial charge in [0.15, 0.2) is 12.0 Å². The largest absolute Gasteiger partial charge is 0.450 e. The summed E-state index contributed by atoms with van der Waals surface area (Å²) in [5.41, 5.74) is -0.636. The molecular formula is C11H16N4O5. The number of carbonyl (C=O) groups excluding carboxylic acids is 1. The third kappa shape index (κ3) is 3.31. The number of amides is 1. The fourth-order valence-electron chi connectivity index (χ4n) is 1.88. The molecule has 2 atom stereocenters. The quantitative estimate of drug-likeness (QED) is 0.791. The number of nitrogens with zero attached hydrogens (tertiary/aromatic N) is 3. The van der Waals surface area contributed by atoms with E-state index >= 15 is 0 Å². The lowest BCUT2D eigenvalue weighted by Gasteiger charge is -2.13. The van der Waals surface area contributed by atoms with E-state index < -0.39 is 18.0 Å². The summed E-state index contributed by atoms with van der Waals surface area (Å²) >= 11 is 0. The number of ether oxygens (including phenoxy) is 2. The molecule has 0 bridgehead atoms. The van der Waals surface area contributed by atoms with Crippen molar-refractivity contribution in [1.29, 1.82) is 0 Å². The molecule has 0 unspecified atom stereocenters. The van der Waals surface area contributed by atoms with Gasteiger partial charge in [0.25, 0.3) is 0 Å². The average Bonchev–Trinajstić information content (AvgIpc) is 2.87. The van der Waals surface area contributed by atoms with Crippen LogP contribution < -0.4 is 11.0 Å². The van der Waals surface area contributed by atoms with Crippen LogP contribution in [0, 0.1) is 0 Å². The van der Waals surface area contributed by atoms with E-state index in [1.807, 2.05) is 0 Å². The third-order valence-corrected chi connectivity index (χ3v) is 2.78. The average molecular weight is 284 g/mol. The van der Waals surface area contributed by atoms with Crippen LogP contribution in [0.15, 0.2) is 11.0 Å². The standard InChI is InChI=1S/C11H16N4O5/c1-2-19-11(18)14-8-5-12-15(10(17)13-8)9-4-3-7(6-16)20-9/h5,7,9,16H,2-4,6H2,1H3,(H,13,14,17,18)/t7-,9+/m0/s1. The Morgan fingerprint density at radius 1 is 1.65 bits per heavy atom. The fourth-order valence-corrected chi connectivity index (χ4v) is 1.88. The summed E-state index contributed by atoms with van der Waals surface area (Å²) in [5.74, 6) is 0.0152. The predicted octanol–water partition coefficient (Wildman–Crippen LogP) is -0.123. The van der Waals surface area contributed by atoms with Crippen LogP contribution in [-0.2, 0) is 9.47 Å². The summed E-state index contributed by atoms with van der Waals surface area (Å²) in [4.78, 5) is 26.7. The molecule has 1 aliphatic heterocycles. The summed E-state index contributed by atoms with van der Waals surface area (Å²) < 4.78 is 11.2. The molecule has 110 valence electrons. The van der Waals surface area contributed by atoms with Gasteiger partial charge >= 0.3 is 11.8 Å². The first kappa shape index (κ1) is 14.4. The molecule has 1 fully saturated rings. The monoisotopic (exact) mass is 284 g/mol. The minimum Gasteiger partial charge on any atom is -0.450 e. The fraction of sp³-hybridized carbons (Fsp3) is 0.636. The maximum atomic E-state index is 11.8. The van der Waals surface area contributed by atoms with Crippen LogP contribution in [0.25, 0.3) is 0 Å². The first-order chi connectivity index (χ1) is 9.63. The Hall–Kier alpha value is -2.00. The molecule has 0 spiro atoms. The Balaban J connectivity index is 2.07. The molecule has 9 heteroatoms. The summed E-state index contributed by atoms with van der Waals surface area (Å²) in [7, 11) is 0. The van der Waals surface area contributed by atoms with Crippen LogP contribution in [0.3, 0.4) is 0 Å². The number of nitrogens with one attached hydrogen (secondary N) is 1. The Bertz CT molecular complexity index is 532. The van der Waals surface area contributed by atoms with Gasteiger partial charge in [-0.2, -0.15) is 14.8 Å². The number of hydrogen-bond donors (Lipinski definition) is 2. The van der Waals surface area contributed by atoms with Gasteiger partial charge in [0.1, 0.15) is 0 Å². The van der Waals surface area contributed by atoms with Crippen molar-refractivity contribution in [2.24, 2.45) is 0 Å². The lowest BCUT2D eigenvalue weighted by molar-refractivity contribution is -0.0312. The van der Waals surface area contributed by atoms with Gasteiger partial charge in [-0.25, -0.2) is 9.59 Å². The van der Waals surface area contributed by atoms with Crippen LogP contribution in [0.2, 0.25) is 0 Å². The molecule has 2 heterocycles. The molecule has 1 aliphatic rings. The van der Waals surface area contributed by atoms with E-state index in [1.165, 1.54) is 6.20 Å². The van der Waals surface area contributed by atoms with Gasteiger partial charge in [-0.15, -0.1) is 0 Å².